The number of rotatable bonds is 3. The Morgan fingerprint density at radius 3 is 2.84 bits per heavy atom. The van der Waals surface area contributed by atoms with E-state index >= 15 is 4.39 Å². The molecule has 7 nitrogen and oxygen atoms in total. The standard InChI is InChI=1S/C23H23FN4O3S/c1-31-22-18-13(7-14(24)19(22)27-9-11-3-2-6-26-15(11)10-27)20(29)17-21(30)16(8-25)32-23(17)28(18)12-4-5-12/h7,11-12,15,26,30H,2-6,9-10H2,1H3/t11-,15+/m0/s1. The highest BCUT2D eigenvalue weighted by Crippen LogP contribution is 2.48. The smallest absolute Gasteiger partial charge is 0.202 e. The summed E-state index contributed by atoms with van der Waals surface area (Å²) < 4.78 is 23.4. The van der Waals surface area contributed by atoms with Crippen molar-refractivity contribution in [2.24, 2.45) is 5.92 Å². The molecule has 0 unspecified atom stereocenters. The number of thiophene rings is 1. The Balaban J connectivity index is 1.66. The van der Waals surface area contributed by atoms with Crippen LogP contribution in [-0.2, 0) is 0 Å². The number of benzene rings is 1. The van der Waals surface area contributed by atoms with Gasteiger partial charge in [-0.1, -0.05) is 0 Å². The summed E-state index contributed by atoms with van der Waals surface area (Å²) in [6.07, 6.45) is 4.07. The molecule has 2 N–H and O–H groups in total. The first kappa shape index (κ1) is 19.8. The van der Waals surface area contributed by atoms with Crippen LogP contribution in [0.3, 0.4) is 0 Å². The van der Waals surface area contributed by atoms with Crippen LogP contribution in [0.25, 0.3) is 21.1 Å². The number of piperidine rings is 1. The van der Waals surface area contributed by atoms with Gasteiger partial charge in [-0.25, -0.2) is 4.39 Å². The van der Waals surface area contributed by atoms with Gasteiger partial charge in [0, 0.05) is 25.2 Å². The second-order valence-electron chi connectivity index (χ2n) is 9.01. The molecular formula is C23H23FN4O3S. The fourth-order valence-electron chi connectivity index (χ4n) is 5.51. The van der Waals surface area contributed by atoms with E-state index in [0.717, 1.165) is 50.1 Å². The van der Waals surface area contributed by atoms with Crippen LogP contribution in [0.5, 0.6) is 11.5 Å². The zero-order valence-corrected chi connectivity index (χ0v) is 18.5. The molecule has 2 saturated heterocycles. The minimum Gasteiger partial charge on any atom is -0.505 e. The molecule has 3 aromatic rings. The summed E-state index contributed by atoms with van der Waals surface area (Å²) in [4.78, 5) is 16.1. The van der Waals surface area contributed by atoms with Gasteiger partial charge in [0.25, 0.3) is 0 Å². The quantitative estimate of drug-likeness (QED) is 0.630. The number of hydrogen-bond acceptors (Lipinski definition) is 7. The number of anilines is 1. The van der Waals surface area contributed by atoms with Crippen LogP contribution in [0.4, 0.5) is 10.1 Å². The Kier molecular flexibility index (Phi) is 4.39. The van der Waals surface area contributed by atoms with Crippen molar-refractivity contribution in [3.63, 3.8) is 0 Å². The fourth-order valence-corrected chi connectivity index (χ4v) is 6.58. The van der Waals surface area contributed by atoms with Crippen molar-refractivity contribution in [1.29, 1.82) is 5.26 Å². The second kappa shape index (κ2) is 7.09. The highest BCUT2D eigenvalue weighted by Gasteiger charge is 2.38. The summed E-state index contributed by atoms with van der Waals surface area (Å²) in [6, 6.07) is 3.71. The van der Waals surface area contributed by atoms with E-state index in [1.807, 2.05) is 15.5 Å². The topological polar surface area (TPSA) is 90.5 Å². The summed E-state index contributed by atoms with van der Waals surface area (Å²) >= 11 is 1.10. The van der Waals surface area contributed by atoms with Crippen LogP contribution in [0.2, 0.25) is 0 Å². The van der Waals surface area contributed by atoms with Gasteiger partial charge < -0.3 is 24.6 Å². The Morgan fingerprint density at radius 1 is 1.34 bits per heavy atom. The lowest BCUT2D eigenvalue weighted by molar-refractivity contribution is 0.340. The number of ether oxygens (including phenoxy) is 1. The molecule has 2 aliphatic heterocycles. The molecular weight excluding hydrogens is 431 g/mol. The van der Waals surface area contributed by atoms with E-state index in [2.05, 4.69) is 5.32 Å². The van der Waals surface area contributed by atoms with Crippen LogP contribution < -0.4 is 20.4 Å². The summed E-state index contributed by atoms with van der Waals surface area (Å²) in [7, 11) is 1.51. The first-order valence-corrected chi connectivity index (χ1v) is 11.8. The lowest BCUT2D eigenvalue weighted by Crippen LogP contribution is -2.40. The summed E-state index contributed by atoms with van der Waals surface area (Å²) in [5.41, 5.74) is 0.478. The summed E-state index contributed by atoms with van der Waals surface area (Å²) in [6.45, 7) is 2.41. The van der Waals surface area contributed by atoms with Gasteiger partial charge in [0.15, 0.2) is 17.3 Å². The minimum absolute atomic E-state index is 0.0937. The molecule has 32 heavy (non-hydrogen) atoms. The number of hydrogen-bond donors (Lipinski definition) is 2. The van der Waals surface area contributed by atoms with Gasteiger partial charge in [-0.2, -0.15) is 5.26 Å². The maximum Gasteiger partial charge on any atom is 0.202 e. The van der Waals surface area contributed by atoms with Crippen LogP contribution in [0.15, 0.2) is 10.9 Å². The van der Waals surface area contributed by atoms with Crippen molar-refractivity contribution in [3.8, 4) is 17.6 Å². The van der Waals surface area contributed by atoms with Gasteiger partial charge in [0.05, 0.1) is 18.0 Å². The molecule has 4 heterocycles. The van der Waals surface area contributed by atoms with E-state index in [1.165, 1.54) is 13.2 Å². The monoisotopic (exact) mass is 454 g/mol. The molecule has 1 aromatic carbocycles. The number of methoxy groups -OCH3 is 1. The number of fused-ring (bicyclic) bond motifs is 3. The van der Waals surface area contributed by atoms with E-state index in [0.29, 0.717) is 40.3 Å². The Morgan fingerprint density at radius 2 is 2.16 bits per heavy atom. The Labute approximate surface area is 187 Å². The van der Waals surface area contributed by atoms with E-state index in [4.69, 9.17) is 4.74 Å². The summed E-state index contributed by atoms with van der Waals surface area (Å²) in [5.74, 6) is 0.00833. The molecule has 1 saturated carbocycles. The molecule has 0 radical (unpaired) electrons. The largest absolute Gasteiger partial charge is 0.505 e. The van der Waals surface area contributed by atoms with Crippen molar-refractivity contribution in [2.45, 2.75) is 37.8 Å². The highest BCUT2D eigenvalue weighted by atomic mass is 32.1. The van der Waals surface area contributed by atoms with Crippen LogP contribution in [0, 0.1) is 23.1 Å². The molecule has 6 rings (SSSR count). The highest BCUT2D eigenvalue weighted by molar-refractivity contribution is 7.19. The Hall–Kier alpha value is -2.83. The van der Waals surface area contributed by atoms with Gasteiger partial charge in [-0.05, 0) is 44.2 Å². The Bertz CT molecular complexity index is 1360. The van der Waals surface area contributed by atoms with Gasteiger partial charge >= 0.3 is 0 Å². The van der Waals surface area contributed by atoms with Crippen molar-refractivity contribution >= 4 is 38.1 Å². The molecule has 3 fully saturated rings. The number of nitrogens with zero attached hydrogens (tertiary/aromatic N) is 3. The first-order chi connectivity index (χ1) is 15.5. The van der Waals surface area contributed by atoms with Gasteiger partial charge in [-0.3, -0.25) is 4.79 Å². The normalized spacial score (nSPS) is 23.0. The van der Waals surface area contributed by atoms with E-state index in [9.17, 15) is 15.2 Å². The number of pyridine rings is 1. The maximum atomic E-state index is 15.6. The third-order valence-corrected chi connectivity index (χ3v) is 8.19. The molecule has 0 spiro atoms. The minimum atomic E-state index is -0.498. The van der Waals surface area contributed by atoms with Crippen molar-refractivity contribution in [1.82, 2.24) is 9.88 Å². The predicted molar refractivity (Wildman–Crippen MR) is 121 cm³/mol. The lowest BCUT2D eigenvalue weighted by atomic mass is 9.94. The van der Waals surface area contributed by atoms with Gasteiger partial charge in [-0.15, -0.1) is 11.3 Å². The number of aromatic hydroxyl groups is 1. The van der Waals surface area contributed by atoms with Crippen molar-refractivity contribution < 1.29 is 14.2 Å². The van der Waals surface area contributed by atoms with Crippen LogP contribution in [0.1, 0.15) is 36.6 Å². The fraction of sp³-hybridized carbons (Fsp3) is 0.478. The molecule has 166 valence electrons. The van der Waals surface area contributed by atoms with Crippen LogP contribution >= 0.6 is 11.3 Å². The molecule has 2 aromatic heterocycles. The second-order valence-corrected chi connectivity index (χ2v) is 10.0. The number of nitrogens with one attached hydrogen (secondary N) is 1. The predicted octanol–water partition coefficient (Wildman–Crippen LogP) is 3.46. The van der Waals surface area contributed by atoms with Crippen molar-refractivity contribution in [2.75, 3.05) is 31.6 Å². The van der Waals surface area contributed by atoms with E-state index < -0.39 is 11.2 Å². The molecule has 1 aliphatic carbocycles. The molecule has 2 atom stereocenters. The SMILES string of the molecule is COc1c(N2C[C@@H]3CCCN[C@@H]3C2)c(F)cc2c(=O)c3c(O)c(C#N)sc3n(C3CC3)c12. The zero-order valence-electron chi connectivity index (χ0n) is 17.7. The number of nitriles is 1. The van der Waals surface area contributed by atoms with Crippen molar-refractivity contribution in [3.05, 3.63) is 27.0 Å². The average molecular weight is 455 g/mol. The molecule has 9 heteroatoms. The van der Waals surface area contributed by atoms with Gasteiger partial charge in [0.1, 0.15) is 26.9 Å². The lowest BCUT2D eigenvalue weighted by Gasteiger charge is -2.25. The third kappa shape index (κ3) is 2.69. The average Bonchev–Trinajstić information content (AvgIpc) is 3.44. The molecule has 3 aliphatic rings. The van der Waals surface area contributed by atoms with Gasteiger partial charge in [0.2, 0.25) is 5.43 Å². The number of halogens is 1. The third-order valence-electron chi connectivity index (χ3n) is 7.11. The molecule has 0 amide bonds. The van der Waals surface area contributed by atoms with E-state index in [-0.39, 0.29) is 27.4 Å². The maximum absolute atomic E-state index is 15.6. The summed E-state index contributed by atoms with van der Waals surface area (Å²) in [5, 5.41) is 23.8. The first-order valence-electron chi connectivity index (χ1n) is 11.0. The number of aromatic nitrogens is 1. The molecule has 0 bridgehead atoms. The zero-order chi connectivity index (χ0) is 22.1. The van der Waals surface area contributed by atoms with E-state index in [1.54, 1.807) is 0 Å². The van der Waals surface area contributed by atoms with Crippen LogP contribution in [-0.4, -0.2) is 42.5 Å².